The normalized spacial score (nSPS) is 39.5. The molecule has 2 aliphatic rings. The van der Waals surface area contributed by atoms with E-state index in [-0.39, 0.29) is 6.61 Å². The highest BCUT2D eigenvalue weighted by Crippen LogP contribution is 2.32. The second-order valence-corrected chi connectivity index (χ2v) is 3.82. The molecule has 0 amide bonds. The second-order valence-electron chi connectivity index (χ2n) is 3.09. The van der Waals surface area contributed by atoms with Gasteiger partial charge in [-0.2, -0.15) is 0 Å². The molecule has 0 aromatic rings. The molecule has 2 aliphatic heterocycles. The first-order valence-corrected chi connectivity index (χ1v) is 5.28. The molecule has 2 rings (SSSR count). The predicted molar refractivity (Wildman–Crippen MR) is 45.3 cm³/mol. The summed E-state index contributed by atoms with van der Waals surface area (Å²) in [5.74, 6) is 0. The van der Waals surface area contributed by atoms with E-state index >= 15 is 0 Å². The van der Waals surface area contributed by atoms with Crippen LogP contribution in [0.2, 0.25) is 0 Å². The highest BCUT2D eigenvalue weighted by Gasteiger charge is 2.52. The summed E-state index contributed by atoms with van der Waals surface area (Å²) in [6.07, 6.45) is -2.85. The van der Waals surface area contributed by atoms with Gasteiger partial charge in [-0.3, -0.25) is 0 Å². The van der Waals surface area contributed by atoms with Crippen LogP contribution in [0.5, 0.6) is 0 Å². The number of rotatable bonds is 3. The van der Waals surface area contributed by atoms with Gasteiger partial charge in [0.1, 0.15) is 20.6 Å². The van der Waals surface area contributed by atoms with E-state index in [0.717, 1.165) is 0 Å². The Morgan fingerprint density at radius 1 is 1.47 bits per heavy atom. The Kier molecular flexibility index (Phi) is 2.93. The van der Waals surface area contributed by atoms with E-state index in [1.807, 2.05) is 0 Å². The minimum absolute atomic E-state index is 0.183. The van der Waals surface area contributed by atoms with Gasteiger partial charge >= 0.3 is 14.4 Å². The first kappa shape index (κ1) is 10.8. The van der Waals surface area contributed by atoms with Crippen molar-refractivity contribution < 1.29 is 33.0 Å². The Hall–Kier alpha value is -0.685. The predicted octanol–water partition coefficient (Wildman–Crippen LogP) is -0.550. The zero-order chi connectivity index (χ0) is 11.0. The summed E-state index contributed by atoms with van der Waals surface area (Å²) in [5, 5.41) is 0. The summed E-state index contributed by atoms with van der Waals surface area (Å²) >= 11 is 0. The van der Waals surface area contributed by atoms with E-state index in [4.69, 9.17) is 27.0 Å². The average molecular weight is 233 g/mol. The Balaban J connectivity index is 1.96. The smallest absolute Gasteiger partial charge is 0.425 e. The van der Waals surface area contributed by atoms with E-state index in [2.05, 4.69) is 4.52 Å². The summed E-state index contributed by atoms with van der Waals surface area (Å²) < 4.78 is 29.4. The summed E-state index contributed by atoms with van der Waals surface area (Å²) in [5.41, 5.74) is 0. The molecule has 0 saturated carbocycles. The van der Waals surface area contributed by atoms with Crippen LogP contribution in [0.3, 0.4) is 0 Å². The number of ether oxygens (including phenoxy) is 3. The fourth-order valence-corrected chi connectivity index (χ4v) is 1.83. The van der Waals surface area contributed by atoms with Crippen molar-refractivity contribution in [1.82, 2.24) is 0 Å². The molecule has 2 radical (unpaired) electrons. The topological polar surface area (TPSA) is 91.3 Å². The molecule has 2 saturated heterocycles. The van der Waals surface area contributed by atoms with Gasteiger partial charge in [-0.05, 0) is 0 Å². The molecule has 2 heterocycles. The maximum Gasteiger partial charge on any atom is 0.694 e. The lowest BCUT2D eigenvalue weighted by Gasteiger charge is -2.10. The van der Waals surface area contributed by atoms with Crippen molar-refractivity contribution in [2.45, 2.75) is 24.3 Å². The van der Waals surface area contributed by atoms with Gasteiger partial charge < -0.3 is 14.2 Å². The van der Waals surface area contributed by atoms with Crippen molar-refractivity contribution >= 4 is 22.3 Å². The largest absolute Gasteiger partial charge is 0.694 e. The zero-order valence-corrected chi connectivity index (χ0v) is 8.33. The molecule has 5 unspecified atom stereocenters. The Morgan fingerprint density at radius 2 is 2.13 bits per heavy atom. The number of hydrogen-bond donors (Lipinski definition) is 1. The molecule has 2 fully saturated rings. The van der Waals surface area contributed by atoms with Gasteiger partial charge in [-0.15, -0.1) is 9.42 Å². The molecular weight excluding hydrogens is 226 g/mol. The van der Waals surface area contributed by atoms with Crippen LogP contribution in [0.1, 0.15) is 0 Å². The van der Waals surface area contributed by atoms with Gasteiger partial charge in [0.25, 0.3) is 0 Å². The van der Waals surface area contributed by atoms with Gasteiger partial charge in [-0.25, -0.2) is 4.79 Å². The second kappa shape index (κ2) is 4.06. The lowest BCUT2D eigenvalue weighted by molar-refractivity contribution is -0.0143. The van der Waals surface area contributed by atoms with Crippen molar-refractivity contribution in [3.63, 3.8) is 0 Å². The molecule has 9 heteroatoms. The van der Waals surface area contributed by atoms with E-state index in [1.165, 1.54) is 0 Å². The monoisotopic (exact) mass is 233 g/mol. The van der Waals surface area contributed by atoms with Crippen LogP contribution < -0.4 is 0 Å². The van der Waals surface area contributed by atoms with Crippen molar-refractivity contribution in [3.05, 3.63) is 0 Å². The fourth-order valence-electron chi connectivity index (χ4n) is 1.55. The lowest BCUT2D eigenvalue weighted by atomic mass is 9.93. The molecule has 1 N–H and O–H groups in total. The molecule has 15 heavy (non-hydrogen) atoms. The van der Waals surface area contributed by atoms with Gasteiger partial charge in [0.05, 0.1) is 6.00 Å². The fraction of sp³-hybridized carbons (Fsp3) is 0.833. The van der Waals surface area contributed by atoms with Crippen LogP contribution in [0, 0.1) is 0 Å². The van der Waals surface area contributed by atoms with Crippen molar-refractivity contribution in [2.75, 3.05) is 6.61 Å². The minimum Gasteiger partial charge on any atom is -0.425 e. The summed E-state index contributed by atoms with van der Waals surface area (Å²) in [4.78, 5) is 19.2. The first-order chi connectivity index (χ1) is 7.08. The van der Waals surface area contributed by atoms with Gasteiger partial charge in [-0.1, -0.05) is 0 Å². The Labute approximate surface area is 87.0 Å². The number of carbonyl (C=O) groups is 1. The zero-order valence-electron chi connectivity index (χ0n) is 7.44. The van der Waals surface area contributed by atoms with Crippen molar-refractivity contribution in [3.8, 4) is 0 Å². The maximum atomic E-state index is 10.8. The van der Waals surface area contributed by atoms with Crippen LogP contribution in [0.25, 0.3) is 0 Å². The number of fused-ring (bicyclic) bond motifs is 1. The molecule has 0 spiro atoms. The van der Waals surface area contributed by atoms with Crippen LogP contribution in [0.15, 0.2) is 0 Å². The molecule has 80 valence electrons. The first-order valence-electron chi connectivity index (χ1n) is 4.15. The molecule has 5 atom stereocenters. The van der Waals surface area contributed by atoms with E-state index in [9.17, 15) is 9.36 Å². The third kappa shape index (κ3) is 2.13. The highest BCUT2D eigenvalue weighted by molar-refractivity contribution is 7.32. The van der Waals surface area contributed by atoms with E-state index in [1.54, 1.807) is 0 Å². The van der Waals surface area contributed by atoms with Gasteiger partial charge in [0.2, 0.25) is 0 Å². The molecular formula is C6H7BO7P+. The third-order valence-electron chi connectivity index (χ3n) is 2.16. The molecule has 0 bridgehead atoms. The molecule has 0 aromatic heterocycles. The summed E-state index contributed by atoms with van der Waals surface area (Å²) in [6, 6.07) is -0.799. The number of carbonyl (C=O) groups excluding carboxylic acids is 1. The highest BCUT2D eigenvalue weighted by atomic mass is 31.1. The maximum absolute atomic E-state index is 10.8. The summed E-state index contributed by atoms with van der Waals surface area (Å²) in [7, 11) is 2.80. The lowest BCUT2D eigenvalue weighted by Crippen LogP contribution is -2.31. The van der Waals surface area contributed by atoms with Crippen LogP contribution in [0.4, 0.5) is 4.79 Å². The average Bonchev–Trinajstić information content (AvgIpc) is 2.64. The van der Waals surface area contributed by atoms with Crippen LogP contribution in [-0.4, -0.2) is 49.8 Å². The SMILES string of the molecule is [B]C1OC(CO[P+](=O)O)C2OC(=O)OC12. The van der Waals surface area contributed by atoms with E-state index in [0.29, 0.717) is 0 Å². The van der Waals surface area contributed by atoms with E-state index < -0.39 is 38.7 Å². The van der Waals surface area contributed by atoms with Crippen LogP contribution >= 0.6 is 8.25 Å². The quantitative estimate of drug-likeness (QED) is 0.397. The van der Waals surface area contributed by atoms with Crippen LogP contribution in [-0.2, 0) is 23.3 Å². The van der Waals surface area contributed by atoms with Crippen molar-refractivity contribution in [1.29, 1.82) is 0 Å². The molecule has 7 nitrogen and oxygen atoms in total. The summed E-state index contributed by atoms with van der Waals surface area (Å²) in [6.45, 7) is -0.183. The minimum atomic E-state index is -2.71. The molecule has 0 aromatic carbocycles. The Bertz CT molecular complexity index is 297. The molecule has 0 aliphatic carbocycles. The standard InChI is InChI=1S/C6H6BO7P/c7-5-4-3(13-6(8)14-4)2(12-5)1-11-15(9)10/h2-5H,1H2/p+1. The number of hydrogen-bond acceptors (Lipinski definition) is 6. The Morgan fingerprint density at radius 3 is 2.80 bits per heavy atom. The van der Waals surface area contributed by atoms with Crippen molar-refractivity contribution in [2.24, 2.45) is 0 Å². The van der Waals surface area contributed by atoms with Gasteiger partial charge in [0.15, 0.2) is 12.2 Å². The third-order valence-corrected chi connectivity index (χ3v) is 2.53. The van der Waals surface area contributed by atoms with Gasteiger partial charge in [0, 0.05) is 4.57 Å².